The zero-order valence-corrected chi connectivity index (χ0v) is 13.8. The topological polar surface area (TPSA) is 12.0 Å². The molecule has 1 aromatic heterocycles. The van der Waals surface area contributed by atoms with Crippen LogP contribution in [0.4, 0.5) is 4.39 Å². The van der Waals surface area contributed by atoms with E-state index < -0.39 is 0 Å². The Kier molecular flexibility index (Phi) is 5.70. The highest BCUT2D eigenvalue weighted by Crippen LogP contribution is 2.37. The Hall–Kier alpha value is -0.320. The first-order valence-corrected chi connectivity index (χ1v) is 8.09. The minimum atomic E-state index is -0.308. The third-order valence-corrected chi connectivity index (χ3v) is 4.85. The summed E-state index contributed by atoms with van der Waals surface area (Å²) < 4.78 is 15.1. The second-order valence-corrected chi connectivity index (χ2v) is 6.99. The molecule has 0 radical (unpaired) electrons. The monoisotopic (exact) mass is 351 g/mol. The molecule has 1 heterocycles. The maximum atomic E-state index is 13.9. The zero-order valence-electron chi connectivity index (χ0n) is 10.7. The Labute approximate surface area is 136 Å². The highest BCUT2D eigenvalue weighted by atomic mass is 35.5. The van der Waals surface area contributed by atoms with Gasteiger partial charge in [0.15, 0.2) is 0 Å². The molecule has 1 N–H and O–H groups in total. The van der Waals surface area contributed by atoms with Gasteiger partial charge in [0.25, 0.3) is 0 Å². The minimum Gasteiger partial charge on any atom is -0.310 e. The van der Waals surface area contributed by atoms with Crippen molar-refractivity contribution in [3.8, 4) is 0 Å². The Bertz CT molecular complexity index is 580. The van der Waals surface area contributed by atoms with Gasteiger partial charge in [-0.3, -0.25) is 0 Å². The van der Waals surface area contributed by atoms with Crippen LogP contribution in [0.3, 0.4) is 0 Å². The Morgan fingerprint density at radius 3 is 2.60 bits per heavy atom. The molecule has 0 fully saturated rings. The first kappa shape index (κ1) is 16.1. The van der Waals surface area contributed by atoms with Gasteiger partial charge in [-0.2, -0.15) is 0 Å². The summed E-state index contributed by atoms with van der Waals surface area (Å²) in [4.78, 5) is 0. The van der Waals surface area contributed by atoms with Crippen molar-refractivity contribution in [1.29, 1.82) is 0 Å². The van der Waals surface area contributed by atoms with Gasteiger partial charge in [-0.1, -0.05) is 47.8 Å². The van der Waals surface area contributed by atoms with Crippen LogP contribution in [0.15, 0.2) is 24.3 Å². The quantitative estimate of drug-likeness (QED) is 0.723. The first-order chi connectivity index (χ1) is 9.52. The SMILES string of the molecule is CCNC(Cc1c(F)cccc1Cl)c1cc(Cl)sc1Cl. The summed E-state index contributed by atoms with van der Waals surface area (Å²) in [6.07, 6.45) is 0.423. The van der Waals surface area contributed by atoms with E-state index in [-0.39, 0.29) is 11.9 Å². The fourth-order valence-corrected chi connectivity index (χ4v) is 3.88. The lowest BCUT2D eigenvalue weighted by atomic mass is 10.0. The van der Waals surface area contributed by atoms with Crippen LogP contribution in [0.5, 0.6) is 0 Å². The van der Waals surface area contributed by atoms with E-state index >= 15 is 0 Å². The highest BCUT2D eigenvalue weighted by molar-refractivity contribution is 7.20. The smallest absolute Gasteiger partial charge is 0.127 e. The summed E-state index contributed by atoms with van der Waals surface area (Å²) in [6.45, 7) is 2.72. The molecule has 0 aliphatic heterocycles. The van der Waals surface area contributed by atoms with E-state index in [1.54, 1.807) is 12.1 Å². The summed E-state index contributed by atoms with van der Waals surface area (Å²) in [5, 5.41) is 3.72. The van der Waals surface area contributed by atoms with Crippen molar-refractivity contribution in [3.63, 3.8) is 0 Å². The van der Waals surface area contributed by atoms with Crippen molar-refractivity contribution in [2.45, 2.75) is 19.4 Å². The van der Waals surface area contributed by atoms with Crippen molar-refractivity contribution in [2.24, 2.45) is 0 Å². The van der Waals surface area contributed by atoms with E-state index in [0.717, 1.165) is 12.1 Å². The molecule has 1 unspecified atom stereocenters. The lowest BCUT2D eigenvalue weighted by molar-refractivity contribution is 0.529. The number of likely N-dealkylation sites (N-methyl/N-ethyl adjacent to an activating group) is 1. The molecule has 0 bridgehead atoms. The van der Waals surface area contributed by atoms with Crippen LogP contribution >= 0.6 is 46.1 Å². The van der Waals surface area contributed by atoms with E-state index in [1.807, 2.05) is 13.0 Å². The molecular formula is C14H13Cl3FNS. The minimum absolute atomic E-state index is 0.120. The van der Waals surface area contributed by atoms with Crippen LogP contribution in [0.1, 0.15) is 24.1 Å². The van der Waals surface area contributed by atoms with Gasteiger partial charge in [0.2, 0.25) is 0 Å². The average molecular weight is 353 g/mol. The van der Waals surface area contributed by atoms with E-state index in [9.17, 15) is 4.39 Å². The molecule has 2 rings (SSSR count). The highest BCUT2D eigenvalue weighted by Gasteiger charge is 2.20. The molecule has 20 heavy (non-hydrogen) atoms. The predicted molar refractivity (Wildman–Crippen MR) is 85.9 cm³/mol. The molecule has 6 heteroatoms. The molecule has 0 amide bonds. The maximum absolute atomic E-state index is 13.9. The van der Waals surface area contributed by atoms with E-state index in [4.69, 9.17) is 34.8 Å². The van der Waals surface area contributed by atoms with Crippen LogP contribution in [-0.2, 0) is 6.42 Å². The van der Waals surface area contributed by atoms with Crippen molar-refractivity contribution in [1.82, 2.24) is 5.32 Å². The van der Waals surface area contributed by atoms with Crippen LogP contribution in [0, 0.1) is 5.82 Å². The van der Waals surface area contributed by atoms with Gasteiger partial charge in [-0.25, -0.2) is 4.39 Å². The predicted octanol–water partition coefficient (Wildman–Crippen LogP) is 5.74. The van der Waals surface area contributed by atoms with Gasteiger partial charge in [0.05, 0.1) is 8.67 Å². The van der Waals surface area contributed by atoms with Crippen LogP contribution < -0.4 is 5.32 Å². The fraction of sp³-hybridized carbons (Fsp3) is 0.286. The van der Waals surface area contributed by atoms with Crippen LogP contribution in [0.25, 0.3) is 0 Å². The standard InChI is InChI=1S/C14H13Cl3FNS/c1-2-19-12(9-7-13(16)20-14(9)17)6-8-10(15)4-3-5-11(8)18/h3-5,7,12,19H,2,6H2,1H3. The lowest BCUT2D eigenvalue weighted by Gasteiger charge is -2.18. The number of halogens is 4. The lowest BCUT2D eigenvalue weighted by Crippen LogP contribution is -2.23. The van der Waals surface area contributed by atoms with Crippen molar-refractivity contribution in [3.05, 3.63) is 54.9 Å². The van der Waals surface area contributed by atoms with Gasteiger partial charge >= 0.3 is 0 Å². The molecule has 1 aromatic carbocycles. The summed E-state index contributed by atoms with van der Waals surface area (Å²) in [5.74, 6) is -0.308. The molecule has 0 aliphatic rings. The average Bonchev–Trinajstić information content (AvgIpc) is 2.72. The van der Waals surface area contributed by atoms with Crippen LogP contribution in [0.2, 0.25) is 13.7 Å². The Morgan fingerprint density at radius 1 is 1.30 bits per heavy atom. The summed E-state index contributed by atoms with van der Waals surface area (Å²) in [6, 6.07) is 6.39. The molecule has 2 aromatic rings. The maximum Gasteiger partial charge on any atom is 0.127 e. The van der Waals surface area contributed by atoms with Gasteiger partial charge in [0.1, 0.15) is 5.82 Å². The third-order valence-electron chi connectivity index (χ3n) is 2.98. The van der Waals surface area contributed by atoms with E-state index in [0.29, 0.717) is 25.7 Å². The third kappa shape index (κ3) is 3.66. The Morgan fingerprint density at radius 2 is 2.05 bits per heavy atom. The summed E-state index contributed by atoms with van der Waals surface area (Å²) in [5.41, 5.74) is 1.36. The van der Waals surface area contributed by atoms with Crippen molar-refractivity contribution >= 4 is 46.1 Å². The number of hydrogen-bond acceptors (Lipinski definition) is 2. The fourth-order valence-electron chi connectivity index (χ4n) is 2.06. The largest absolute Gasteiger partial charge is 0.310 e. The molecule has 0 saturated carbocycles. The molecule has 0 spiro atoms. The molecule has 0 saturated heterocycles. The number of thiophene rings is 1. The summed E-state index contributed by atoms with van der Waals surface area (Å²) in [7, 11) is 0. The number of nitrogens with one attached hydrogen (secondary N) is 1. The van der Waals surface area contributed by atoms with Crippen LogP contribution in [-0.4, -0.2) is 6.54 Å². The second kappa shape index (κ2) is 7.10. The first-order valence-electron chi connectivity index (χ1n) is 6.14. The Balaban J connectivity index is 2.33. The van der Waals surface area contributed by atoms with Gasteiger partial charge in [-0.05, 0) is 31.2 Å². The molecule has 0 aliphatic carbocycles. The van der Waals surface area contributed by atoms with Gasteiger partial charge < -0.3 is 5.32 Å². The van der Waals surface area contributed by atoms with Crippen molar-refractivity contribution < 1.29 is 4.39 Å². The number of benzene rings is 1. The normalized spacial score (nSPS) is 12.7. The molecule has 1 atom stereocenters. The van der Waals surface area contributed by atoms with E-state index in [1.165, 1.54) is 17.4 Å². The molecule has 108 valence electrons. The van der Waals surface area contributed by atoms with E-state index in [2.05, 4.69) is 5.32 Å². The second-order valence-electron chi connectivity index (χ2n) is 4.29. The number of rotatable bonds is 5. The molecule has 1 nitrogen and oxygen atoms in total. The van der Waals surface area contributed by atoms with Gasteiger partial charge in [0, 0.05) is 22.2 Å². The molecular weight excluding hydrogens is 340 g/mol. The number of hydrogen-bond donors (Lipinski definition) is 1. The summed E-state index contributed by atoms with van der Waals surface area (Å²) >= 11 is 19.6. The zero-order chi connectivity index (χ0) is 14.7. The van der Waals surface area contributed by atoms with Crippen molar-refractivity contribution in [2.75, 3.05) is 6.54 Å². The van der Waals surface area contributed by atoms with Gasteiger partial charge in [-0.15, -0.1) is 11.3 Å².